The van der Waals surface area contributed by atoms with Crippen LogP contribution in [0.4, 0.5) is 5.69 Å². The Morgan fingerprint density at radius 3 is 2.58 bits per heavy atom. The van der Waals surface area contributed by atoms with Crippen molar-refractivity contribution in [2.45, 2.75) is 46.3 Å². The maximum atomic E-state index is 12.8. The summed E-state index contributed by atoms with van der Waals surface area (Å²) < 4.78 is 37.5. The molecule has 0 aliphatic carbocycles. The molecule has 0 aromatic heterocycles. The van der Waals surface area contributed by atoms with Crippen LogP contribution in [0.25, 0.3) is 0 Å². The summed E-state index contributed by atoms with van der Waals surface area (Å²) in [5, 5.41) is 2.89. The van der Waals surface area contributed by atoms with E-state index in [-0.39, 0.29) is 17.8 Å². The third kappa shape index (κ3) is 5.50. The highest BCUT2D eigenvalue weighted by Gasteiger charge is 2.27. The molecule has 168 valence electrons. The van der Waals surface area contributed by atoms with Crippen LogP contribution in [0.3, 0.4) is 0 Å². The Balaban J connectivity index is 1.74. The Morgan fingerprint density at radius 1 is 1.13 bits per heavy atom. The predicted octanol–water partition coefficient (Wildman–Crippen LogP) is 3.65. The van der Waals surface area contributed by atoms with Crippen LogP contribution < -0.4 is 19.1 Å². The Kier molecular flexibility index (Phi) is 7.10. The molecule has 31 heavy (non-hydrogen) atoms. The van der Waals surface area contributed by atoms with Gasteiger partial charge in [0, 0.05) is 18.7 Å². The van der Waals surface area contributed by atoms with Crippen molar-refractivity contribution < 1.29 is 22.7 Å². The van der Waals surface area contributed by atoms with Crippen molar-refractivity contribution in [2.24, 2.45) is 0 Å². The van der Waals surface area contributed by atoms with Gasteiger partial charge >= 0.3 is 0 Å². The molecule has 2 aromatic rings. The number of methoxy groups -OCH3 is 1. The highest BCUT2D eigenvalue weighted by atomic mass is 32.2. The molecule has 0 atom stereocenters. The number of anilines is 1. The lowest BCUT2D eigenvalue weighted by Gasteiger charge is -2.29. The number of benzene rings is 2. The first-order valence-electron chi connectivity index (χ1n) is 10.4. The van der Waals surface area contributed by atoms with Gasteiger partial charge in [-0.05, 0) is 69.0 Å². The minimum atomic E-state index is -3.34. The highest BCUT2D eigenvalue weighted by molar-refractivity contribution is 7.92. The van der Waals surface area contributed by atoms with E-state index in [0.29, 0.717) is 42.3 Å². The van der Waals surface area contributed by atoms with E-state index in [2.05, 4.69) is 5.32 Å². The lowest BCUT2D eigenvalue weighted by atomic mass is 10.1. The standard InChI is InChI=1S/C23H30N2O5S/c1-16(2)30-21-10-8-18(13-22(21)29-4)15-24-23(26)19-9-7-17(3)20(14-19)25-11-5-6-12-31(25,27)28/h7-10,13-14,16H,5-6,11-12,15H2,1-4H3,(H,24,26). The average molecular weight is 447 g/mol. The van der Waals surface area contributed by atoms with Crippen molar-refractivity contribution >= 4 is 21.6 Å². The molecule has 0 radical (unpaired) electrons. The van der Waals surface area contributed by atoms with Crippen molar-refractivity contribution in [3.05, 3.63) is 53.1 Å². The lowest BCUT2D eigenvalue weighted by Crippen LogP contribution is -2.38. The van der Waals surface area contributed by atoms with E-state index in [1.807, 2.05) is 39.0 Å². The monoisotopic (exact) mass is 446 g/mol. The summed E-state index contributed by atoms with van der Waals surface area (Å²) in [5.74, 6) is 1.13. The molecule has 1 aliphatic rings. The van der Waals surface area contributed by atoms with E-state index < -0.39 is 10.0 Å². The minimum absolute atomic E-state index is 0.0268. The quantitative estimate of drug-likeness (QED) is 0.702. The van der Waals surface area contributed by atoms with Crippen LogP contribution in [0.1, 0.15) is 48.2 Å². The van der Waals surface area contributed by atoms with Gasteiger partial charge in [0.05, 0.1) is 24.7 Å². The van der Waals surface area contributed by atoms with Crippen LogP contribution in [-0.2, 0) is 16.6 Å². The number of nitrogens with one attached hydrogen (secondary N) is 1. The van der Waals surface area contributed by atoms with Crippen molar-refractivity contribution in [2.75, 3.05) is 23.7 Å². The van der Waals surface area contributed by atoms with E-state index in [9.17, 15) is 13.2 Å². The normalized spacial score (nSPS) is 15.6. The fourth-order valence-corrected chi connectivity index (χ4v) is 5.23. The number of aryl methyl sites for hydroxylation is 1. The van der Waals surface area contributed by atoms with Crippen LogP contribution >= 0.6 is 0 Å². The molecule has 7 nitrogen and oxygen atoms in total. The largest absolute Gasteiger partial charge is 0.493 e. The zero-order valence-corrected chi connectivity index (χ0v) is 19.3. The van der Waals surface area contributed by atoms with Gasteiger partial charge in [0.15, 0.2) is 11.5 Å². The maximum absolute atomic E-state index is 12.8. The van der Waals surface area contributed by atoms with Gasteiger partial charge in [-0.1, -0.05) is 12.1 Å². The first-order valence-corrected chi connectivity index (χ1v) is 12.0. The molecular weight excluding hydrogens is 416 g/mol. The summed E-state index contributed by atoms with van der Waals surface area (Å²) in [6.07, 6.45) is 1.51. The molecule has 1 fully saturated rings. The highest BCUT2D eigenvalue weighted by Crippen LogP contribution is 2.30. The van der Waals surface area contributed by atoms with E-state index in [0.717, 1.165) is 17.5 Å². The summed E-state index contributed by atoms with van der Waals surface area (Å²) in [6.45, 7) is 6.49. The Bertz CT molecular complexity index is 1050. The van der Waals surface area contributed by atoms with Gasteiger partial charge in [0.1, 0.15) is 0 Å². The summed E-state index contributed by atoms with van der Waals surface area (Å²) >= 11 is 0. The van der Waals surface area contributed by atoms with Crippen LogP contribution in [0.2, 0.25) is 0 Å². The molecule has 0 spiro atoms. The van der Waals surface area contributed by atoms with Gasteiger partial charge in [-0.25, -0.2) is 8.42 Å². The molecule has 1 N–H and O–H groups in total. The van der Waals surface area contributed by atoms with Crippen LogP contribution in [0.5, 0.6) is 11.5 Å². The third-order valence-corrected chi connectivity index (χ3v) is 6.99. The van der Waals surface area contributed by atoms with Gasteiger partial charge in [-0.3, -0.25) is 9.10 Å². The van der Waals surface area contributed by atoms with Crippen molar-refractivity contribution in [3.63, 3.8) is 0 Å². The SMILES string of the molecule is COc1cc(CNC(=O)c2ccc(C)c(N3CCCCS3(=O)=O)c2)ccc1OC(C)C. The summed E-state index contributed by atoms with van der Waals surface area (Å²) in [6, 6.07) is 10.7. The predicted molar refractivity (Wildman–Crippen MR) is 121 cm³/mol. The number of carbonyl (C=O) groups is 1. The van der Waals surface area contributed by atoms with Crippen molar-refractivity contribution in [3.8, 4) is 11.5 Å². The zero-order valence-electron chi connectivity index (χ0n) is 18.5. The summed E-state index contributed by atoms with van der Waals surface area (Å²) in [7, 11) is -1.76. The molecule has 1 amide bonds. The topological polar surface area (TPSA) is 84.9 Å². The second-order valence-electron chi connectivity index (χ2n) is 7.93. The van der Waals surface area contributed by atoms with Gasteiger partial charge in [-0.2, -0.15) is 0 Å². The van der Waals surface area contributed by atoms with Gasteiger partial charge in [-0.15, -0.1) is 0 Å². The van der Waals surface area contributed by atoms with Gasteiger partial charge in [0.25, 0.3) is 5.91 Å². The number of sulfonamides is 1. The van der Waals surface area contributed by atoms with Gasteiger partial charge < -0.3 is 14.8 Å². The fourth-order valence-electron chi connectivity index (χ4n) is 3.54. The number of hydrogen-bond acceptors (Lipinski definition) is 5. The molecular formula is C23H30N2O5S. The number of ether oxygens (including phenoxy) is 2. The van der Waals surface area contributed by atoms with Gasteiger partial charge in [0.2, 0.25) is 10.0 Å². The molecule has 0 saturated carbocycles. The first-order chi connectivity index (χ1) is 14.7. The van der Waals surface area contributed by atoms with Crippen LogP contribution in [0, 0.1) is 6.92 Å². The minimum Gasteiger partial charge on any atom is -0.493 e. The molecule has 8 heteroatoms. The van der Waals surface area contributed by atoms with E-state index in [1.165, 1.54) is 4.31 Å². The summed E-state index contributed by atoms with van der Waals surface area (Å²) in [4.78, 5) is 12.8. The first kappa shape index (κ1) is 22.9. The van der Waals surface area contributed by atoms with Crippen molar-refractivity contribution in [1.29, 1.82) is 0 Å². The van der Waals surface area contributed by atoms with E-state index >= 15 is 0 Å². The summed E-state index contributed by atoms with van der Waals surface area (Å²) in [5.41, 5.74) is 2.69. The number of nitrogens with zero attached hydrogens (tertiary/aromatic N) is 1. The molecule has 2 aromatic carbocycles. The average Bonchev–Trinajstić information content (AvgIpc) is 2.72. The Labute approximate surface area is 184 Å². The molecule has 1 saturated heterocycles. The van der Waals surface area contributed by atoms with Crippen molar-refractivity contribution in [1.82, 2.24) is 5.32 Å². The zero-order chi connectivity index (χ0) is 22.6. The fraction of sp³-hybridized carbons (Fsp3) is 0.435. The van der Waals surface area contributed by atoms with Crippen LogP contribution in [0.15, 0.2) is 36.4 Å². The third-order valence-electron chi connectivity index (χ3n) is 5.13. The van der Waals surface area contributed by atoms with Crippen LogP contribution in [-0.4, -0.2) is 39.8 Å². The van der Waals surface area contributed by atoms with E-state index in [1.54, 1.807) is 25.3 Å². The molecule has 0 unspecified atom stereocenters. The molecule has 1 heterocycles. The molecule has 0 bridgehead atoms. The second-order valence-corrected chi connectivity index (χ2v) is 9.94. The Hall–Kier alpha value is -2.74. The smallest absolute Gasteiger partial charge is 0.251 e. The lowest BCUT2D eigenvalue weighted by molar-refractivity contribution is 0.0951. The second kappa shape index (κ2) is 9.60. The number of amides is 1. The van der Waals surface area contributed by atoms with E-state index in [4.69, 9.17) is 9.47 Å². The number of carbonyl (C=O) groups excluding carboxylic acids is 1. The molecule has 3 rings (SSSR count). The maximum Gasteiger partial charge on any atom is 0.251 e. The molecule has 1 aliphatic heterocycles. The number of rotatable bonds is 7. The number of hydrogen-bond donors (Lipinski definition) is 1. The Morgan fingerprint density at radius 2 is 1.90 bits per heavy atom.